The van der Waals surface area contributed by atoms with Crippen LogP contribution in [0, 0.1) is 5.41 Å². The molecular formula is C13H23NO2. The van der Waals surface area contributed by atoms with E-state index in [1.165, 1.54) is 0 Å². The molecule has 0 bridgehead atoms. The lowest BCUT2D eigenvalue weighted by molar-refractivity contribution is -0.155. The maximum absolute atomic E-state index is 12.2. The van der Waals surface area contributed by atoms with E-state index in [0.717, 1.165) is 19.3 Å². The minimum atomic E-state index is -0.531. The molecule has 16 heavy (non-hydrogen) atoms. The number of esters is 1. The molecule has 0 amide bonds. The van der Waals surface area contributed by atoms with Gasteiger partial charge >= 0.3 is 5.97 Å². The van der Waals surface area contributed by atoms with E-state index in [0.29, 0.717) is 13.2 Å². The molecule has 0 spiro atoms. The Bertz CT molecular complexity index is 273. The van der Waals surface area contributed by atoms with Crippen LogP contribution in [0.2, 0.25) is 0 Å². The lowest BCUT2D eigenvalue weighted by Crippen LogP contribution is -2.59. The number of hydrogen-bond acceptors (Lipinski definition) is 3. The number of hydrogen-bond donors (Lipinski definition) is 1. The molecule has 1 fully saturated rings. The Morgan fingerprint density at radius 1 is 1.50 bits per heavy atom. The first-order chi connectivity index (χ1) is 7.50. The van der Waals surface area contributed by atoms with Gasteiger partial charge in [-0.05, 0) is 25.2 Å². The maximum Gasteiger partial charge on any atom is 0.326 e. The van der Waals surface area contributed by atoms with Crippen molar-refractivity contribution in [3.63, 3.8) is 0 Å². The molecule has 1 aliphatic rings. The molecular weight excluding hydrogens is 202 g/mol. The second kappa shape index (κ2) is 5.00. The van der Waals surface area contributed by atoms with Crippen LogP contribution in [-0.4, -0.2) is 24.7 Å². The quantitative estimate of drug-likeness (QED) is 0.576. The molecule has 1 unspecified atom stereocenters. The Morgan fingerprint density at radius 2 is 2.19 bits per heavy atom. The summed E-state index contributed by atoms with van der Waals surface area (Å²) in [6.45, 7) is 10.9. The molecule has 1 atom stereocenters. The zero-order valence-electron chi connectivity index (χ0n) is 10.6. The maximum atomic E-state index is 12.2. The van der Waals surface area contributed by atoms with E-state index in [-0.39, 0.29) is 11.4 Å². The van der Waals surface area contributed by atoms with Gasteiger partial charge in [-0.1, -0.05) is 26.3 Å². The normalized spacial score (nSPS) is 27.7. The third-order valence-electron chi connectivity index (χ3n) is 3.68. The summed E-state index contributed by atoms with van der Waals surface area (Å²) < 4.78 is 5.23. The van der Waals surface area contributed by atoms with E-state index in [2.05, 4.69) is 25.7 Å². The molecule has 0 aliphatic heterocycles. The van der Waals surface area contributed by atoms with Gasteiger partial charge in [0.2, 0.25) is 0 Å². The monoisotopic (exact) mass is 225 g/mol. The van der Waals surface area contributed by atoms with Gasteiger partial charge in [-0.15, -0.1) is 6.58 Å². The van der Waals surface area contributed by atoms with Crippen LogP contribution in [0.4, 0.5) is 0 Å². The molecule has 3 heteroatoms. The van der Waals surface area contributed by atoms with Crippen LogP contribution in [0.5, 0.6) is 0 Å². The van der Waals surface area contributed by atoms with Gasteiger partial charge in [-0.3, -0.25) is 10.1 Å². The fourth-order valence-electron chi connectivity index (χ4n) is 2.63. The Balaban J connectivity index is 2.92. The van der Waals surface area contributed by atoms with Crippen LogP contribution >= 0.6 is 0 Å². The van der Waals surface area contributed by atoms with Crippen molar-refractivity contribution in [3.8, 4) is 0 Å². The first-order valence-electron chi connectivity index (χ1n) is 6.03. The van der Waals surface area contributed by atoms with E-state index in [1.54, 1.807) is 6.08 Å². The van der Waals surface area contributed by atoms with Gasteiger partial charge in [0.15, 0.2) is 0 Å². The van der Waals surface area contributed by atoms with Crippen molar-refractivity contribution in [3.05, 3.63) is 12.7 Å². The van der Waals surface area contributed by atoms with Crippen LogP contribution in [0.1, 0.15) is 40.0 Å². The zero-order chi connectivity index (χ0) is 12.2. The second-order valence-corrected chi connectivity index (χ2v) is 5.03. The molecule has 0 radical (unpaired) electrons. The zero-order valence-corrected chi connectivity index (χ0v) is 10.6. The summed E-state index contributed by atoms with van der Waals surface area (Å²) >= 11 is 0. The number of carbonyl (C=O) groups excluding carboxylic acids is 1. The summed E-state index contributed by atoms with van der Waals surface area (Å²) in [5, 5.41) is 3.33. The van der Waals surface area contributed by atoms with E-state index in [1.807, 2.05) is 6.92 Å². The smallest absolute Gasteiger partial charge is 0.326 e. The summed E-state index contributed by atoms with van der Waals surface area (Å²) in [6, 6.07) is 0. The summed E-state index contributed by atoms with van der Waals surface area (Å²) in [6.07, 6.45) is 4.76. The van der Waals surface area contributed by atoms with Crippen molar-refractivity contribution < 1.29 is 9.53 Å². The Kier molecular flexibility index (Phi) is 4.14. The van der Waals surface area contributed by atoms with Crippen LogP contribution in [0.3, 0.4) is 0 Å². The minimum Gasteiger partial charge on any atom is -0.465 e. The predicted molar refractivity (Wildman–Crippen MR) is 65.2 cm³/mol. The minimum absolute atomic E-state index is 0.0533. The SMILES string of the molecule is C=CCNC1(C(=O)OCC)CCCC1(C)C. The standard InChI is InChI=1S/C13H23NO2/c1-5-10-14-13(11(15)16-6-2)9-7-8-12(13,3)4/h5,14H,1,6-10H2,2-4H3. The molecule has 0 aromatic heterocycles. The molecule has 1 aliphatic carbocycles. The Hall–Kier alpha value is -0.830. The molecule has 0 saturated heterocycles. The van der Waals surface area contributed by atoms with Gasteiger partial charge < -0.3 is 4.74 Å². The third kappa shape index (κ3) is 2.14. The molecule has 0 heterocycles. The van der Waals surface area contributed by atoms with Gasteiger partial charge in [-0.2, -0.15) is 0 Å². The molecule has 0 aromatic rings. The predicted octanol–water partition coefficient (Wildman–Crippen LogP) is 2.27. The van der Waals surface area contributed by atoms with Gasteiger partial charge in [0.05, 0.1) is 6.61 Å². The van der Waals surface area contributed by atoms with Gasteiger partial charge in [0.25, 0.3) is 0 Å². The van der Waals surface area contributed by atoms with Crippen molar-refractivity contribution in [2.75, 3.05) is 13.2 Å². The molecule has 1 rings (SSSR count). The van der Waals surface area contributed by atoms with Crippen LogP contribution in [-0.2, 0) is 9.53 Å². The second-order valence-electron chi connectivity index (χ2n) is 5.03. The molecule has 1 saturated carbocycles. The van der Waals surface area contributed by atoms with E-state index < -0.39 is 5.54 Å². The highest BCUT2D eigenvalue weighted by Gasteiger charge is 2.54. The number of ether oxygens (including phenoxy) is 1. The topological polar surface area (TPSA) is 38.3 Å². The van der Waals surface area contributed by atoms with E-state index in [9.17, 15) is 4.79 Å². The lowest BCUT2D eigenvalue weighted by Gasteiger charge is -2.39. The fourth-order valence-corrected chi connectivity index (χ4v) is 2.63. The highest BCUT2D eigenvalue weighted by atomic mass is 16.5. The third-order valence-corrected chi connectivity index (χ3v) is 3.68. The molecule has 1 N–H and O–H groups in total. The molecule has 0 aromatic carbocycles. The highest BCUT2D eigenvalue weighted by Crippen LogP contribution is 2.46. The summed E-state index contributed by atoms with van der Waals surface area (Å²) in [7, 11) is 0. The largest absolute Gasteiger partial charge is 0.465 e. The Morgan fingerprint density at radius 3 is 2.62 bits per heavy atom. The van der Waals surface area contributed by atoms with Crippen LogP contribution in [0.25, 0.3) is 0 Å². The number of nitrogens with one attached hydrogen (secondary N) is 1. The van der Waals surface area contributed by atoms with Crippen molar-refractivity contribution in [2.24, 2.45) is 5.41 Å². The number of rotatable bonds is 5. The average molecular weight is 225 g/mol. The van der Waals surface area contributed by atoms with E-state index in [4.69, 9.17) is 4.74 Å². The van der Waals surface area contributed by atoms with Crippen LogP contribution < -0.4 is 5.32 Å². The van der Waals surface area contributed by atoms with Gasteiger partial charge in [0, 0.05) is 6.54 Å². The Labute approximate surface area is 98.2 Å². The summed E-state index contributed by atoms with van der Waals surface area (Å²) in [4.78, 5) is 12.2. The van der Waals surface area contributed by atoms with Crippen molar-refractivity contribution in [2.45, 2.75) is 45.6 Å². The lowest BCUT2D eigenvalue weighted by atomic mass is 9.74. The average Bonchev–Trinajstić information content (AvgIpc) is 2.52. The van der Waals surface area contributed by atoms with Crippen molar-refractivity contribution >= 4 is 5.97 Å². The number of carbonyl (C=O) groups is 1. The molecule has 92 valence electrons. The first kappa shape index (κ1) is 13.2. The van der Waals surface area contributed by atoms with Gasteiger partial charge in [-0.25, -0.2) is 0 Å². The van der Waals surface area contributed by atoms with Crippen molar-refractivity contribution in [1.82, 2.24) is 5.32 Å². The van der Waals surface area contributed by atoms with Crippen molar-refractivity contribution in [1.29, 1.82) is 0 Å². The van der Waals surface area contributed by atoms with Crippen LogP contribution in [0.15, 0.2) is 12.7 Å². The first-order valence-corrected chi connectivity index (χ1v) is 6.03. The highest BCUT2D eigenvalue weighted by molar-refractivity contribution is 5.82. The summed E-state index contributed by atoms with van der Waals surface area (Å²) in [5.41, 5.74) is -0.584. The van der Waals surface area contributed by atoms with Gasteiger partial charge in [0.1, 0.15) is 5.54 Å². The van der Waals surface area contributed by atoms with E-state index >= 15 is 0 Å². The summed E-state index contributed by atoms with van der Waals surface area (Å²) in [5.74, 6) is -0.112. The molecule has 3 nitrogen and oxygen atoms in total. The fraction of sp³-hybridized carbons (Fsp3) is 0.769.